The van der Waals surface area contributed by atoms with Crippen LogP contribution < -0.4 is 9.47 Å². The summed E-state index contributed by atoms with van der Waals surface area (Å²) in [5.41, 5.74) is 0.550. The second-order valence-corrected chi connectivity index (χ2v) is 6.13. The highest BCUT2D eigenvalue weighted by atomic mass is 16.6. The van der Waals surface area contributed by atoms with Gasteiger partial charge < -0.3 is 14.4 Å². The van der Waals surface area contributed by atoms with Gasteiger partial charge in [0.05, 0.1) is 24.6 Å². The van der Waals surface area contributed by atoms with E-state index < -0.39 is 11.5 Å². The summed E-state index contributed by atoms with van der Waals surface area (Å²) in [6, 6.07) is 13.4. The molecule has 2 aromatic rings. The molecule has 0 radical (unpaired) electrons. The Morgan fingerprint density at radius 3 is 2.32 bits per heavy atom. The van der Waals surface area contributed by atoms with Crippen molar-refractivity contribution in [3.8, 4) is 11.5 Å². The van der Waals surface area contributed by atoms with Crippen molar-refractivity contribution < 1.29 is 24.0 Å². The summed E-state index contributed by atoms with van der Waals surface area (Å²) >= 11 is 0. The first-order chi connectivity index (χ1) is 13.3. The number of benzene rings is 2. The molecule has 0 saturated carbocycles. The lowest BCUT2D eigenvalue weighted by molar-refractivity contribution is -0.386. The van der Waals surface area contributed by atoms with Gasteiger partial charge in [0.25, 0.3) is 0 Å². The summed E-state index contributed by atoms with van der Waals surface area (Å²) < 4.78 is 10.3. The van der Waals surface area contributed by atoms with Gasteiger partial charge in [0.2, 0.25) is 17.4 Å². The van der Waals surface area contributed by atoms with Crippen LogP contribution in [0, 0.1) is 10.1 Å². The molecule has 0 unspecified atom stereocenters. The van der Waals surface area contributed by atoms with Crippen LogP contribution >= 0.6 is 0 Å². The quantitative estimate of drug-likeness (QED) is 0.485. The first-order valence-corrected chi connectivity index (χ1v) is 8.63. The van der Waals surface area contributed by atoms with E-state index in [-0.39, 0.29) is 41.5 Å². The van der Waals surface area contributed by atoms with Crippen LogP contribution in [0.3, 0.4) is 0 Å². The van der Waals surface area contributed by atoms with E-state index in [1.54, 1.807) is 0 Å². The second-order valence-electron chi connectivity index (χ2n) is 6.13. The van der Waals surface area contributed by atoms with E-state index in [1.165, 1.54) is 37.1 Å². The molecule has 0 aliphatic rings. The fourth-order valence-electron chi connectivity index (χ4n) is 2.79. The molecule has 1 amide bonds. The van der Waals surface area contributed by atoms with Crippen LogP contribution in [0.2, 0.25) is 0 Å². The standard InChI is InChI=1S/C20H22N2O6/c1-14(16-8-5-4-6-9-16)21(15(2)23)12-17(24)13-28-19-11-7-10-18(27-3)20(19)22(25)26/h4-11,14H,12-13H2,1-3H3/t14-/m1/s1. The number of carbonyl (C=O) groups is 2. The molecular weight excluding hydrogens is 364 g/mol. The summed E-state index contributed by atoms with van der Waals surface area (Å²) in [6.07, 6.45) is 0. The number of para-hydroxylation sites is 1. The third-order valence-electron chi connectivity index (χ3n) is 4.25. The highest BCUT2D eigenvalue weighted by Crippen LogP contribution is 2.36. The Morgan fingerprint density at radius 1 is 1.11 bits per heavy atom. The van der Waals surface area contributed by atoms with Crippen LogP contribution in [0.1, 0.15) is 25.5 Å². The fourth-order valence-corrected chi connectivity index (χ4v) is 2.79. The molecule has 0 aromatic heterocycles. The number of amides is 1. The first kappa shape index (κ1) is 20.9. The number of carbonyl (C=O) groups excluding carboxylic acids is 2. The number of rotatable bonds is 9. The molecule has 1 atom stereocenters. The highest BCUT2D eigenvalue weighted by Gasteiger charge is 2.24. The van der Waals surface area contributed by atoms with Gasteiger partial charge >= 0.3 is 5.69 Å². The van der Waals surface area contributed by atoms with Crippen LogP contribution in [0.25, 0.3) is 0 Å². The Balaban J connectivity index is 2.09. The van der Waals surface area contributed by atoms with Gasteiger partial charge in [0.15, 0.2) is 5.78 Å². The Kier molecular flexibility index (Phi) is 7.08. The van der Waals surface area contributed by atoms with Crippen LogP contribution in [0.4, 0.5) is 5.69 Å². The molecule has 0 heterocycles. The van der Waals surface area contributed by atoms with Crippen molar-refractivity contribution in [3.05, 3.63) is 64.2 Å². The molecule has 2 rings (SSSR count). The number of ether oxygens (including phenoxy) is 2. The summed E-state index contributed by atoms with van der Waals surface area (Å²) in [7, 11) is 1.31. The monoisotopic (exact) mass is 386 g/mol. The maximum Gasteiger partial charge on any atom is 0.352 e. The van der Waals surface area contributed by atoms with Gasteiger partial charge in [-0.2, -0.15) is 0 Å². The lowest BCUT2D eigenvalue weighted by Crippen LogP contribution is -2.37. The summed E-state index contributed by atoms with van der Waals surface area (Å²) in [5, 5.41) is 11.3. The van der Waals surface area contributed by atoms with Crippen molar-refractivity contribution in [3.63, 3.8) is 0 Å². The fraction of sp³-hybridized carbons (Fsp3) is 0.300. The summed E-state index contributed by atoms with van der Waals surface area (Å²) in [6.45, 7) is 2.65. The summed E-state index contributed by atoms with van der Waals surface area (Å²) in [4.78, 5) is 36.5. The van der Waals surface area contributed by atoms with Crippen molar-refractivity contribution in [2.75, 3.05) is 20.3 Å². The van der Waals surface area contributed by atoms with Gasteiger partial charge in [-0.25, -0.2) is 0 Å². The molecule has 0 fully saturated rings. The van der Waals surface area contributed by atoms with Gasteiger partial charge in [-0.3, -0.25) is 19.7 Å². The van der Waals surface area contributed by atoms with Gasteiger partial charge in [-0.1, -0.05) is 36.4 Å². The minimum atomic E-state index is -0.627. The molecule has 0 aliphatic heterocycles. The third-order valence-corrected chi connectivity index (χ3v) is 4.25. The maximum absolute atomic E-state index is 12.4. The number of ketones is 1. The van der Waals surface area contributed by atoms with E-state index in [4.69, 9.17) is 9.47 Å². The molecule has 148 valence electrons. The molecule has 8 nitrogen and oxygen atoms in total. The largest absolute Gasteiger partial charge is 0.490 e. The van der Waals surface area contributed by atoms with Gasteiger partial charge in [0, 0.05) is 6.92 Å². The molecule has 28 heavy (non-hydrogen) atoms. The van der Waals surface area contributed by atoms with E-state index >= 15 is 0 Å². The van der Waals surface area contributed by atoms with Crippen molar-refractivity contribution >= 4 is 17.4 Å². The molecule has 0 N–H and O–H groups in total. The van der Waals surface area contributed by atoms with Crippen molar-refractivity contribution in [2.45, 2.75) is 19.9 Å². The normalized spacial score (nSPS) is 11.4. The molecule has 8 heteroatoms. The molecule has 0 saturated heterocycles. The Hall–Kier alpha value is -3.42. The van der Waals surface area contributed by atoms with E-state index in [2.05, 4.69) is 0 Å². The molecular formula is C20H22N2O6. The average molecular weight is 386 g/mol. The topological polar surface area (TPSA) is 99.0 Å². The average Bonchev–Trinajstić information content (AvgIpc) is 2.69. The molecule has 0 spiro atoms. The smallest absolute Gasteiger partial charge is 0.352 e. The molecule has 0 bridgehead atoms. The van der Waals surface area contributed by atoms with Gasteiger partial charge in [-0.15, -0.1) is 0 Å². The maximum atomic E-state index is 12.4. The van der Waals surface area contributed by atoms with Crippen LogP contribution in [0.15, 0.2) is 48.5 Å². The predicted octanol–water partition coefficient (Wildman–Crippen LogP) is 3.16. The number of nitro benzene ring substituents is 1. The van der Waals surface area contributed by atoms with Gasteiger partial charge in [-0.05, 0) is 24.6 Å². The van der Waals surface area contributed by atoms with Crippen molar-refractivity contribution in [2.24, 2.45) is 0 Å². The van der Waals surface area contributed by atoms with E-state index in [1.807, 2.05) is 37.3 Å². The number of nitrogens with zero attached hydrogens (tertiary/aromatic N) is 2. The van der Waals surface area contributed by atoms with Crippen LogP contribution in [-0.4, -0.2) is 41.8 Å². The number of hydrogen-bond acceptors (Lipinski definition) is 6. The molecule has 2 aromatic carbocycles. The SMILES string of the molecule is COc1cccc(OCC(=O)CN(C(C)=O)[C@H](C)c2ccccc2)c1[N+](=O)[O-]. The highest BCUT2D eigenvalue weighted by molar-refractivity contribution is 5.86. The Labute approximate surface area is 162 Å². The number of methoxy groups -OCH3 is 1. The predicted molar refractivity (Wildman–Crippen MR) is 102 cm³/mol. The van der Waals surface area contributed by atoms with Gasteiger partial charge in [0.1, 0.15) is 6.61 Å². The minimum absolute atomic E-state index is 0.0398. The van der Waals surface area contributed by atoms with E-state index in [0.717, 1.165) is 5.56 Å². The zero-order valence-corrected chi connectivity index (χ0v) is 16.0. The number of nitro groups is 1. The number of Topliss-reactive ketones (excluding diaryl/α,β-unsaturated/α-hetero) is 1. The second kappa shape index (κ2) is 9.50. The zero-order valence-electron chi connectivity index (χ0n) is 16.0. The van der Waals surface area contributed by atoms with Crippen LogP contribution in [0.5, 0.6) is 11.5 Å². The van der Waals surface area contributed by atoms with Crippen LogP contribution in [-0.2, 0) is 9.59 Å². The van der Waals surface area contributed by atoms with Crippen molar-refractivity contribution in [1.82, 2.24) is 4.90 Å². The zero-order chi connectivity index (χ0) is 20.7. The Bertz CT molecular complexity index is 853. The molecule has 0 aliphatic carbocycles. The lowest BCUT2D eigenvalue weighted by Gasteiger charge is -2.28. The first-order valence-electron chi connectivity index (χ1n) is 8.63. The summed E-state index contributed by atoms with van der Waals surface area (Å²) in [5.74, 6) is -0.659. The number of hydrogen-bond donors (Lipinski definition) is 0. The minimum Gasteiger partial charge on any atom is -0.490 e. The lowest BCUT2D eigenvalue weighted by atomic mass is 10.1. The van der Waals surface area contributed by atoms with Crippen molar-refractivity contribution in [1.29, 1.82) is 0 Å². The Morgan fingerprint density at radius 2 is 1.75 bits per heavy atom. The third kappa shape index (κ3) is 5.06. The van der Waals surface area contributed by atoms with E-state index in [9.17, 15) is 19.7 Å². The van der Waals surface area contributed by atoms with E-state index in [0.29, 0.717) is 0 Å².